The van der Waals surface area contributed by atoms with E-state index in [4.69, 9.17) is 4.98 Å². The fourth-order valence-corrected chi connectivity index (χ4v) is 11.5. The third-order valence-corrected chi connectivity index (χ3v) is 14.9. The zero-order valence-electron chi connectivity index (χ0n) is 37.8. The summed E-state index contributed by atoms with van der Waals surface area (Å²) < 4.78 is 2.48. The molecule has 0 saturated carbocycles. The van der Waals surface area contributed by atoms with Crippen molar-refractivity contribution in [3.63, 3.8) is 0 Å². The molecule has 1 aliphatic rings. The van der Waals surface area contributed by atoms with Crippen LogP contribution in [0.4, 0.5) is 0 Å². The van der Waals surface area contributed by atoms with Crippen molar-refractivity contribution in [1.82, 2.24) is 9.55 Å². The molecular formula is C66H44N2. The summed E-state index contributed by atoms with van der Waals surface area (Å²) in [6.07, 6.45) is 0. The van der Waals surface area contributed by atoms with E-state index in [0.717, 1.165) is 39.2 Å². The van der Waals surface area contributed by atoms with Gasteiger partial charge in [-0.25, -0.2) is 4.98 Å². The average Bonchev–Trinajstić information content (AvgIpc) is 3.84. The van der Waals surface area contributed by atoms with Crippen molar-refractivity contribution < 1.29 is 0 Å². The van der Waals surface area contributed by atoms with Gasteiger partial charge in [0.15, 0.2) is 0 Å². The SMILES string of the molecule is CC1(C)c2ccccc2-c2ccc(-c3ccc4c(c3)c3ccccc3c3cc5c6cc(-c7ccc8ccccc8c7)ccc6n(-c6cc(-c7ccccc7)nc(-c7ccccc7)c6)c5cc43)cc21. The van der Waals surface area contributed by atoms with Gasteiger partial charge in [0, 0.05) is 27.3 Å². The summed E-state index contributed by atoms with van der Waals surface area (Å²) in [5.74, 6) is 0. The molecule has 13 aromatic rings. The molecule has 0 aliphatic heterocycles. The molecule has 11 aromatic carbocycles. The second kappa shape index (κ2) is 14.7. The van der Waals surface area contributed by atoms with E-state index >= 15 is 0 Å². The first-order valence-corrected chi connectivity index (χ1v) is 23.7. The molecule has 2 heteroatoms. The number of hydrogen-bond donors (Lipinski definition) is 0. The Kier molecular flexibility index (Phi) is 8.36. The second-order valence-electron chi connectivity index (χ2n) is 19.1. The molecule has 0 N–H and O–H groups in total. The summed E-state index contributed by atoms with van der Waals surface area (Å²) >= 11 is 0. The van der Waals surface area contributed by atoms with Gasteiger partial charge >= 0.3 is 0 Å². The van der Waals surface area contributed by atoms with E-state index in [0.29, 0.717) is 0 Å². The van der Waals surface area contributed by atoms with Gasteiger partial charge in [-0.15, -0.1) is 0 Å². The van der Waals surface area contributed by atoms with Gasteiger partial charge in [-0.05, 0) is 142 Å². The Morgan fingerprint density at radius 2 is 0.824 bits per heavy atom. The Labute approximate surface area is 395 Å². The third kappa shape index (κ3) is 5.87. The third-order valence-electron chi connectivity index (χ3n) is 14.9. The molecular weight excluding hydrogens is 821 g/mol. The van der Waals surface area contributed by atoms with Crippen molar-refractivity contribution in [2.45, 2.75) is 19.3 Å². The van der Waals surface area contributed by atoms with Crippen LogP contribution in [-0.2, 0) is 5.41 Å². The zero-order chi connectivity index (χ0) is 45.1. The molecule has 1 aliphatic carbocycles. The fraction of sp³-hybridized carbons (Fsp3) is 0.0455. The first kappa shape index (κ1) is 38.7. The maximum absolute atomic E-state index is 5.30. The molecule has 0 unspecified atom stereocenters. The lowest BCUT2D eigenvalue weighted by Gasteiger charge is -2.22. The van der Waals surface area contributed by atoms with E-state index in [-0.39, 0.29) is 5.41 Å². The van der Waals surface area contributed by atoms with Crippen LogP contribution in [0.5, 0.6) is 0 Å². The van der Waals surface area contributed by atoms with Crippen LogP contribution in [0, 0.1) is 0 Å². The Morgan fingerprint density at radius 3 is 1.57 bits per heavy atom. The van der Waals surface area contributed by atoms with Crippen LogP contribution in [0.2, 0.25) is 0 Å². The standard InChI is InChI=1S/C66H44N2/c1-66(2)60-24-14-13-23-53(60)54-31-28-48(36-61(54)66)46-27-30-52-55(34-46)50-21-11-12-22-51(50)56-39-59-58-35-47(45-26-25-41-15-9-10-20-44(41)33-45)29-32-64(58)68(65(59)40-57(52)56)49-37-62(42-16-5-3-6-17-42)67-63(38-49)43-18-7-4-8-19-43/h3-40H,1-2H3. The minimum Gasteiger partial charge on any atom is -0.309 e. The maximum atomic E-state index is 5.30. The Bertz CT molecular complexity index is 4160. The minimum absolute atomic E-state index is 0.0692. The van der Waals surface area contributed by atoms with Crippen molar-refractivity contribution in [2.75, 3.05) is 0 Å². The van der Waals surface area contributed by atoms with Crippen molar-refractivity contribution in [2.24, 2.45) is 0 Å². The highest BCUT2D eigenvalue weighted by molar-refractivity contribution is 6.29. The predicted octanol–water partition coefficient (Wildman–Crippen LogP) is 17.8. The highest BCUT2D eigenvalue weighted by Crippen LogP contribution is 2.50. The summed E-state index contributed by atoms with van der Waals surface area (Å²) in [7, 11) is 0. The first-order valence-electron chi connectivity index (χ1n) is 23.7. The van der Waals surface area contributed by atoms with E-state index < -0.39 is 0 Å². The molecule has 0 atom stereocenters. The van der Waals surface area contributed by atoms with Crippen molar-refractivity contribution in [3.8, 4) is 61.6 Å². The Balaban J connectivity index is 1.04. The molecule has 68 heavy (non-hydrogen) atoms. The van der Waals surface area contributed by atoms with Crippen LogP contribution < -0.4 is 0 Å². The van der Waals surface area contributed by atoms with Gasteiger partial charge in [-0.2, -0.15) is 0 Å². The smallest absolute Gasteiger partial charge is 0.0730 e. The van der Waals surface area contributed by atoms with Gasteiger partial charge in [0.25, 0.3) is 0 Å². The molecule has 0 fully saturated rings. The van der Waals surface area contributed by atoms with E-state index in [2.05, 4.69) is 249 Å². The summed E-state index contributed by atoms with van der Waals surface area (Å²) in [6, 6.07) is 85.2. The maximum Gasteiger partial charge on any atom is 0.0730 e. The van der Waals surface area contributed by atoms with E-state index in [1.165, 1.54) is 98.4 Å². The van der Waals surface area contributed by atoms with E-state index in [1.807, 2.05) is 0 Å². The highest BCUT2D eigenvalue weighted by Gasteiger charge is 2.35. The number of benzene rings is 11. The number of fused-ring (bicyclic) bond motifs is 13. The number of hydrogen-bond acceptors (Lipinski definition) is 1. The summed E-state index contributed by atoms with van der Waals surface area (Å²) in [6.45, 7) is 4.73. The van der Waals surface area contributed by atoms with E-state index in [1.54, 1.807) is 0 Å². The summed E-state index contributed by atoms with van der Waals surface area (Å²) in [5.41, 5.74) is 17.7. The van der Waals surface area contributed by atoms with Crippen molar-refractivity contribution in [1.29, 1.82) is 0 Å². The molecule has 318 valence electrons. The van der Waals surface area contributed by atoms with E-state index in [9.17, 15) is 0 Å². The lowest BCUT2D eigenvalue weighted by molar-refractivity contribution is 0.660. The molecule has 0 radical (unpaired) electrons. The van der Waals surface area contributed by atoms with Crippen LogP contribution in [0.3, 0.4) is 0 Å². The van der Waals surface area contributed by atoms with Crippen LogP contribution in [0.1, 0.15) is 25.0 Å². The molecule has 0 amide bonds. The largest absolute Gasteiger partial charge is 0.309 e. The Morgan fingerprint density at radius 1 is 0.309 bits per heavy atom. The topological polar surface area (TPSA) is 17.8 Å². The van der Waals surface area contributed by atoms with Crippen molar-refractivity contribution >= 4 is 64.9 Å². The number of pyridine rings is 1. The second-order valence-corrected chi connectivity index (χ2v) is 19.1. The molecule has 14 rings (SSSR count). The summed E-state index contributed by atoms with van der Waals surface area (Å²) in [4.78, 5) is 5.30. The van der Waals surface area contributed by atoms with Gasteiger partial charge in [0.05, 0.1) is 28.1 Å². The van der Waals surface area contributed by atoms with Crippen LogP contribution in [0.25, 0.3) is 126 Å². The minimum atomic E-state index is -0.0692. The van der Waals surface area contributed by atoms with Gasteiger partial charge in [-0.3, -0.25) is 0 Å². The highest BCUT2D eigenvalue weighted by atomic mass is 15.0. The van der Waals surface area contributed by atoms with Gasteiger partial charge in [0.1, 0.15) is 0 Å². The molecule has 0 spiro atoms. The quantitative estimate of drug-likeness (QED) is 0.158. The number of nitrogens with zero attached hydrogens (tertiary/aromatic N) is 2. The Hall–Kier alpha value is -8.59. The van der Waals surface area contributed by atoms with Crippen LogP contribution >= 0.6 is 0 Å². The lowest BCUT2D eigenvalue weighted by Crippen LogP contribution is -2.14. The van der Waals surface area contributed by atoms with Crippen LogP contribution in [-0.4, -0.2) is 9.55 Å². The van der Waals surface area contributed by atoms with Gasteiger partial charge < -0.3 is 4.57 Å². The monoisotopic (exact) mass is 864 g/mol. The van der Waals surface area contributed by atoms with Gasteiger partial charge in [0.2, 0.25) is 0 Å². The molecule has 0 bridgehead atoms. The van der Waals surface area contributed by atoms with Crippen molar-refractivity contribution in [3.05, 3.63) is 242 Å². The molecule has 2 aromatic heterocycles. The normalized spacial score (nSPS) is 13.0. The number of aromatic nitrogens is 2. The molecule has 2 nitrogen and oxygen atoms in total. The summed E-state index contributed by atoms with van der Waals surface area (Å²) in [5, 5.41) is 12.4. The fourth-order valence-electron chi connectivity index (χ4n) is 11.5. The van der Waals surface area contributed by atoms with Gasteiger partial charge in [-0.1, -0.05) is 190 Å². The molecule has 0 saturated heterocycles. The zero-order valence-corrected chi connectivity index (χ0v) is 37.8. The predicted molar refractivity (Wildman–Crippen MR) is 288 cm³/mol. The number of rotatable bonds is 5. The van der Waals surface area contributed by atoms with Crippen LogP contribution in [0.15, 0.2) is 231 Å². The molecule has 2 heterocycles. The lowest BCUT2D eigenvalue weighted by atomic mass is 9.81. The first-order chi connectivity index (χ1) is 33.4. The average molecular weight is 865 g/mol.